The first-order valence-corrected chi connectivity index (χ1v) is 5.76. The van der Waals surface area contributed by atoms with Gasteiger partial charge in [0.05, 0.1) is 0 Å². The van der Waals surface area contributed by atoms with Crippen LogP contribution in [0.15, 0.2) is 0 Å². The van der Waals surface area contributed by atoms with Gasteiger partial charge in [-0.15, -0.1) is 0 Å². The minimum atomic E-state index is -4.30. The summed E-state index contributed by atoms with van der Waals surface area (Å²) >= 11 is 0. The molecule has 1 saturated carbocycles. The molecule has 0 aliphatic heterocycles. The van der Waals surface area contributed by atoms with Crippen molar-refractivity contribution >= 4 is 5.91 Å². The number of amides is 1. The van der Waals surface area contributed by atoms with Gasteiger partial charge in [-0.25, -0.2) is 0 Å². The lowest BCUT2D eigenvalue weighted by Gasteiger charge is -2.31. The highest BCUT2D eigenvalue weighted by atomic mass is 19.4. The number of carbonyl (C=O) groups excluding carboxylic acids is 1. The van der Waals surface area contributed by atoms with E-state index in [1.165, 1.54) is 0 Å². The van der Waals surface area contributed by atoms with Crippen LogP contribution in [0.4, 0.5) is 13.2 Å². The SMILES string of the molecule is CCC(CC)N(CC(F)(F)F)C(=O)C1CC1. The van der Waals surface area contributed by atoms with Crippen molar-refractivity contribution in [2.45, 2.75) is 51.7 Å². The van der Waals surface area contributed by atoms with E-state index in [1.54, 1.807) is 0 Å². The van der Waals surface area contributed by atoms with Gasteiger partial charge in [0.1, 0.15) is 6.54 Å². The minimum absolute atomic E-state index is 0.150. The smallest absolute Gasteiger partial charge is 0.330 e. The highest BCUT2D eigenvalue weighted by molar-refractivity contribution is 5.81. The zero-order valence-corrected chi connectivity index (χ0v) is 9.68. The second-order valence-electron chi connectivity index (χ2n) is 4.33. The Morgan fingerprint density at radius 1 is 1.31 bits per heavy atom. The average Bonchev–Trinajstić information content (AvgIpc) is 2.98. The molecule has 2 nitrogen and oxygen atoms in total. The molecule has 0 N–H and O–H groups in total. The van der Waals surface area contributed by atoms with Crippen LogP contribution in [-0.2, 0) is 4.79 Å². The highest BCUT2D eigenvalue weighted by Crippen LogP contribution is 2.33. The maximum Gasteiger partial charge on any atom is 0.406 e. The van der Waals surface area contributed by atoms with E-state index in [9.17, 15) is 18.0 Å². The maximum atomic E-state index is 12.4. The Hall–Kier alpha value is -0.740. The molecular formula is C11H18F3NO. The summed E-state index contributed by atoms with van der Waals surface area (Å²) in [5, 5.41) is 0. The number of nitrogens with zero attached hydrogens (tertiary/aromatic N) is 1. The predicted molar refractivity (Wildman–Crippen MR) is 54.9 cm³/mol. The molecule has 0 spiro atoms. The first-order chi connectivity index (χ1) is 7.39. The third kappa shape index (κ3) is 3.68. The molecule has 1 aliphatic rings. The maximum absolute atomic E-state index is 12.4. The molecule has 0 bridgehead atoms. The second-order valence-corrected chi connectivity index (χ2v) is 4.33. The fourth-order valence-electron chi connectivity index (χ4n) is 1.87. The van der Waals surface area contributed by atoms with Gasteiger partial charge in [0.2, 0.25) is 5.91 Å². The van der Waals surface area contributed by atoms with E-state index in [4.69, 9.17) is 0 Å². The minimum Gasteiger partial charge on any atom is -0.330 e. The number of hydrogen-bond donors (Lipinski definition) is 0. The first kappa shape index (κ1) is 13.3. The Bertz CT molecular complexity index is 244. The van der Waals surface area contributed by atoms with Crippen molar-refractivity contribution in [3.05, 3.63) is 0 Å². The summed E-state index contributed by atoms with van der Waals surface area (Å²) in [5.74, 6) is -0.464. The topological polar surface area (TPSA) is 20.3 Å². The van der Waals surface area contributed by atoms with Crippen molar-refractivity contribution < 1.29 is 18.0 Å². The van der Waals surface area contributed by atoms with Gasteiger partial charge in [-0.3, -0.25) is 4.79 Å². The fourth-order valence-corrected chi connectivity index (χ4v) is 1.87. The lowest BCUT2D eigenvalue weighted by Crippen LogP contribution is -2.46. The van der Waals surface area contributed by atoms with Crippen LogP contribution in [0.25, 0.3) is 0 Å². The van der Waals surface area contributed by atoms with Crippen LogP contribution < -0.4 is 0 Å². The Morgan fingerprint density at radius 2 is 1.81 bits per heavy atom. The van der Waals surface area contributed by atoms with Gasteiger partial charge < -0.3 is 4.90 Å². The summed E-state index contributed by atoms with van der Waals surface area (Å²) in [6, 6.07) is -0.283. The monoisotopic (exact) mass is 237 g/mol. The molecule has 1 amide bonds. The van der Waals surface area contributed by atoms with E-state index < -0.39 is 12.7 Å². The summed E-state index contributed by atoms with van der Waals surface area (Å²) in [6.07, 6.45) is -1.66. The molecule has 0 radical (unpaired) electrons. The van der Waals surface area contributed by atoms with Gasteiger partial charge in [-0.1, -0.05) is 13.8 Å². The van der Waals surface area contributed by atoms with Crippen LogP contribution in [0.3, 0.4) is 0 Å². The number of rotatable bonds is 5. The van der Waals surface area contributed by atoms with Gasteiger partial charge in [0.25, 0.3) is 0 Å². The number of halogens is 3. The van der Waals surface area contributed by atoms with Crippen LogP contribution >= 0.6 is 0 Å². The number of alkyl halides is 3. The molecule has 0 atom stereocenters. The van der Waals surface area contributed by atoms with Crippen LogP contribution in [0, 0.1) is 5.92 Å². The van der Waals surface area contributed by atoms with Crippen molar-refractivity contribution in [1.29, 1.82) is 0 Å². The van der Waals surface area contributed by atoms with Crippen LogP contribution in [-0.4, -0.2) is 29.6 Å². The van der Waals surface area contributed by atoms with Crippen molar-refractivity contribution in [3.63, 3.8) is 0 Å². The van der Waals surface area contributed by atoms with Gasteiger partial charge >= 0.3 is 6.18 Å². The van der Waals surface area contributed by atoms with Gasteiger partial charge in [-0.05, 0) is 25.7 Å². The Labute approximate surface area is 93.8 Å². The molecule has 0 unspecified atom stereocenters. The lowest BCUT2D eigenvalue weighted by molar-refractivity contribution is -0.167. The van der Waals surface area contributed by atoms with Crippen LogP contribution in [0.5, 0.6) is 0 Å². The predicted octanol–water partition coefficient (Wildman–Crippen LogP) is 2.98. The van der Waals surface area contributed by atoms with E-state index in [2.05, 4.69) is 0 Å². The zero-order chi connectivity index (χ0) is 12.3. The van der Waals surface area contributed by atoms with Crippen molar-refractivity contribution in [2.75, 3.05) is 6.54 Å². The lowest BCUT2D eigenvalue weighted by atomic mass is 10.1. The van der Waals surface area contributed by atoms with E-state index in [1.807, 2.05) is 13.8 Å². The molecule has 0 saturated heterocycles. The van der Waals surface area contributed by atoms with Gasteiger partial charge in [0.15, 0.2) is 0 Å². The van der Waals surface area contributed by atoms with Crippen molar-refractivity contribution in [1.82, 2.24) is 4.90 Å². The summed E-state index contributed by atoms with van der Waals surface area (Å²) in [6.45, 7) is 2.53. The Balaban J connectivity index is 2.70. The number of hydrogen-bond acceptors (Lipinski definition) is 1. The molecule has 0 heterocycles. The Morgan fingerprint density at radius 3 is 2.12 bits per heavy atom. The molecule has 0 aromatic carbocycles. The van der Waals surface area contributed by atoms with E-state index in [-0.39, 0.29) is 17.9 Å². The second kappa shape index (κ2) is 5.06. The average molecular weight is 237 g/mol. The highest BCUT2D eigenvalue weighted by Gasteiger charge is 2.40. The molecule has 16 heavy (non-hydrogen) atoms. The fraction of sp³-hybridized carbons (Fsp3) is 0.909. The van der Waals surface area contributed by atoms with E-state index in [0.29, 0.717) is 12.8 Å². The summed E-state index contributed by atoms with van der Waals surface area (Å²) < 4.78 is 37.2. The normalized spacial score (nSPS) is 16.6. The standard InChI is InChI=1S/C11H18F3NO/c1-3-9(4-2)15(7-11(12,13)14)10(16)8-5-6-8/h8-9H,3-7H2,1-2H3. The van der Waals surface area contributed by atoms with Crippen molar-refractivity contribution in [2.24, 2.45) is 5.92 Å². The molecule has 1 rings (SSSR count). The molecule has 1 fully saturated rings. The molecule has 0 aromatic heterocycles. The van der Waals surface area contributed by atoms with Crippen LogP contribution in [0.1, 0.15) is 39.5 Å². The zero-order valence-electron chi connectivity index (χ0n) is 9.68. The molecule has 0 aromatic rings. The summed E-state index contributed by atoms with van der Waals surface area (Å²) in [7, 11) is 0. The molecule has 1 aliphatic carbocycles. The number of carbonyl (C=O) groups is 1. The van der Waals surface area contributed by atoms with E-state index >= 15 is 0 Å². The quantitative estimate of drug-likeness (QED) is 0.719. The molecular weight excluding hydrogens is 219 g/mol. The van der Waals surface area contributed by atoms with Crippen molar-refractivity contribution in [3.8, 4) is 0 Å². The third-order valence-corrected chi connectivity index (χ3v) is 2.94. The Kier molecular flexibility index (Phi) is 4.21. The largest absolute Gasteiger partial charge is 0.406 e. The molecule has 94 valence electrons. The summed E-state index contributed by atoms with van der Waals surface area (Å²) in [5.41, 5.74) is 0. The van der Waals surface area contributed by atoms with E-state index in [0.717, 1.165) is 17.7 Å². The van der Waals surface area contributed by atoms with Gasteiger partial charge in [-0.2, -0.15) is 13.2 Å². The summed E-state index contributed by atoms with van der Waals surface area (Å²) in [4.78, 5) is 12.8. The molecule has 5 heteroatoms. The van der Waals surface area contributed by atoms with Crippen LogP contribution in [0.2, 0.25) is 0 Å². The first-order valence-electron chi connectivity index (χ1n) is 5.76. The third-order valence-electron chi connectivity index (χ3n) is 2.94. The van der Waals surface area contributed by atoms with Gasteiger partial charge in [0, 0.05) is 12.0 Å².